The summed E-state index contributed by atoms with van der Waals surface area (Å²) >= 11 is 0. The molecule has 10 heavy (non-hydrogen) atoms. The normalized spacial score (nSPS) is 13.5. The van der Waals surface area contributed by atoms with Crippen LogP contribution in [0.5, 0.6) is 0 Å². The van der Waals surface area contributed by atoms with Crippen molar-refractivity contribution in [1.29, 1.82) is 0 Å². The molecule has 0 saturated heterocycles. The molecule has 0 aromatic carbocycles. The molecule has 0 aromatic heterocycles. The molecular formula is C10H22. The molecule has 0 aliphatic rings. The van der Waals surface area contributed by atoms with Gasteiger partial charge < -0.3 is 0 Å². The van der Waals surface area contributed by atoms with Gasteiger partial charge in [0.15, 0.2) is 0 Å². The standard InChI is InChI=1S/C10H22/c1-4-6-7-8-9-10(3)5-2/h10H,4-9H2,1-3H3/t10-/m1/s1. The van der Waals surface area contributed by atoms with E-state index in [1.54, 1.807) is 0 Å². The molecule has 0 rings (SSSR count). The van der Waals surface area contributed by atoms with E-state index in [1.807, 2.05) is 0 Å². The van der Waals surface area contributed by atoms with Crippen LogP contribution < -0.4 is 0 Å². The minimum absolute atomic E-state index is 0.955. The van der Waals surface area contributed by atoms with Gasteiger partial charge in [-0.15, -0.1) is 0 Å². The Kier molecular flexibility index (Phi) is 7.11. The summed E-state index contributed by atoms with van der Waals surface area (Å²) in [5.74, 6) is 0.955. The smallest absolute Gasteiger partial charge is 0.0445 e. The Balaban J connectivity index is 2.89. The van der Waals surface area contributed by atoms with E-state index in [1.165, 1.54) is 38.5 Å². The van der Waals surface area contributed by atoms with Gasteiger partial charge in [-0.1, -0.05) is 59.3 Å². The molecule has 0 amide bonds. The Morgan fingerprint density at radius 1 is 1.00 bits per heavy atom. The van der Waals surface area contributed by atoms with Gasteiger partial charge in [0.05, 0.1) is 0 Å². The highest BCUT2D eigenvalue weighted by atomic mass is 14.0. The Bertz CT molecular complexity index is 57.1. The van der Waals surface area contributed by atoms with E-state index in [0.717, 1.165) is 5.92 Å². The van der Waals surface area contributed by atoms with Crippen LogP contribution in [-0.2, 0) is 0 Å². The van der Waals surface area contributed by atoms with Crippen LogP contribution in [0.4, 0.5) is 0 Å². The lowest BCUT2D eigenvalue weighted by molar-refractivity contribution is 0.477. The first kappa shape index (κ1) is 10.0. The van der Waals surface area contributed by atoms with Crippen molar-refractivity contribution < 1.29 is 0 Å². The molecule has 0 radical (unpaired) electrons. The highest BCUT2D eigenvalue weighted by molar-refractivity contribution is 4.50. The zero-order valence-electron chi connectivity index (χ0n) is 7.82. The van der Waals surface area contributed by atoms with Crippen LogP contribution in [0.3, 0.4) is 0 Å². The average Bonchev–Trinajstić information content (AvgIpc) is 1.98. The van der Waals surface area contributed by atoms with E-state index in [9.17, 15) is 0 Å². The maximum atomic E-state index is 2.35. The van der Waals surface area contributed by atoms with Gasteiger partial charge in [0.1, 0.15) is 0 Å². The summed E-state index contributed by atoms with van der Waals surface area (Å²) in [7, 11) is 0. The van der Waals surface area contributed by atoms with Crippen molar-refractivity contribution in [3.05, 3.63) is 0 Å². The summed E-state index contributed by atoms with van der Waals surface area (Å²) in [6.45, 7) is 6.90. The van der Waals surface area contributed by atoms with Gasteiger partial charge in [-0.25, -0.2) is 0 Å². The average molecular weight is 142 g/mol. The van der Waals surface area contributed by atoms with Crippen LogP contribution in [-0.4, -0.2) is 0 Å². The lowest BCUT2D eigenvalue weighted by atomic mass is 10.0. The highest BCUT2D eigenvalue weighted by Crippen LogP contribution is 2.12. The summed E-state index contributed by atoms with van der Waals surface area (Å²) in [5.41, 5.74) is 0. The summed E-state index contributed by atoms with van der Waals surface area (Å²) in [4.78, 5) is 0. The van der Waals surface area contributed by atoms with Crippen LogP contribution in [0.15, 0.2) is 0 Å². The van der Waals surface area contributed by atoms with Gasteiger partial charge in [-0.2, -0.15) is 0 Å². The van der Waals surface area contributed by atoms with Crippen LogP contribution in [0.2, 0.25) is 0 Å². The summed E-state index contributed by atoms with van der Waals surface area (Å²) in [6.07, 6.45) is 8.48. The maximum Gasteiger partial charge on any atom is -0.0445 e. The maximum absolute atomic E-state index is 2.35. The van der Waals surface area contributed by atoms with Gasteiger partial charge >= 0.3 is 0 Å². The molecule has 0 aliphatic carbocycles. The Morgan fingerprint density at radius 2 is 1.70 bits per heavy atom. The molecule has 0 heterocycles. The third kappa shape index (κ3) is 6.12. The first-order valence-electron chi connectivity index (χ1n) is 4.81. The molecule has 0 aromatic rings. The number of unbranched alkanes of at least 4 members (excludes halogenated alkanes) is 3. The molecule has 1 atom stereocenters. The van der Waals surface area contributed by atoms with E-state index in [-0.39, 0.29) is 0 Å². The van der Waals surface area contributed by atoms with E-state index in [2.05, 4.69) is 20.8 Å². The van der Waals surface area contributed by atoms with Crippen molar-refractivity contribution in [2.75, 3.05) is 0 Å². The van der Waals surface area contributed by atoms with Crippen LogP contribution in [0.1, 0.15) is 59.3 Å². The third-order valence-corrected chi connectivity index (χ3v) is 2.25. The number of hydrogen-bond acceptors (Lipinski definition) is 0. The van der Waals surface area contributed by atoms with Gasteiger partial charge in [0.25, 0.3) is 0 Å². The van der Waals surface area contributed by atoms with Crippen molar-refractivity contribution in [3.63, 3.8) is 0 Å². The Morgan fingerprint density at radius 3 is 2.20 bits per heavy atom. The first-order chi connectivity index (χ1) is 4.81. The van der Waals surface area contributed by atoms with Crippen molar-refractivity contribution in [2.24, 2.45) is 5.92 Å². The SMILES string of the molecule is CCCCCC[C@H](C)CC. The van der Waals surface area contributed by atoms with E-state index >= 15 is 0 Å². The monoisotopic (exact) mass is 142 g/mol. The third-order valence-electron chi connectivity index (χ3n) is 2.25. The number of rotatable bonds is 6. The predicted octanol–water partition coefficient (Wildman–Crippen LogP) is 4.00. The van der Waals surface area contributed by atoms with Crippen molar-refractivity contribution in [1.82, 2.24) is 0 Å². The molecule has 0 bridgehead atoms. The number of hydrogen-bond donors (Lipinski definition) is 0. The minimum atomic E-state index is 0.955. The molecule has 62 valence electrons. The van der Waals surface area contributed by atoms with Gasteiger partial charge in [-0.3, -0.25) is 0 Å². The minimum Gasteiger partial charge on any atom is -0.0654 e. The van der Waals surface area contributed by atoms with Crippen LogP contribution >= 0.6 is 0 Å². The molecule has 0 aliphatic heterocycles. The fourth-order valence-electron chi connectivity index (χ4n) is 1.12. The lowest BCUT2D eigenvalue weighted by Crippen LogP contribution is -1.91. The fraction of sp³-hybridized carbons (Fsp3) is 1.00. The van der Waals surface area contributed by atoms with Gasteiger partial charge in [-0.05, 0) is 5.92 Å². The van der Waals surface area contributed by atoms with E-state index < -0.39 is 0 Å². The van der Waals surface area contributed by atoms with Crippen molar-refractivity contribution in [3.8, 4) is 0 Å². The summed E-state index contributed by atoms with van der Waals surface area (Å²) in [5, 5.41) is 0. The lowest BCUT2D eigenvalue weighted by Gasteiger charge is -2.06. The largest absolute Gasteiger partial charge is 0.0654 e. The topological polar surface area (TPSA) is 0 Å². The Labute approximate surface area is 66.0 Å². The van der Waals surface area contributed by atoms with Crippen LogP contribution in [0.25, 0.3) is 0 Å². The quantitative estimate of drug-likeness (QED) is 0.492. The molecule has 0 unspecified atom stereocenters. The predicted molar refractivity (Wildman–Crippen MR) is 48.2 cm³/mol. The summed E-state index contributed by atoms with van der Waals surface area (Å²) in [6, 6.07) is 0. The van der Waals surface area contributed by atoms with E-state index in [0.29, 0.717) is 0 Å². The molecular weight excluding hydrogens is 120 g/mol. The first-order valence-corrected chi connectivity index (χ1v) is 4.81. The molecule has 0 fully saturated rings. The second kappa shape index (κ2) is 7.11. The Hall–Kier alpha value is 0. The molecule has 0 spiro atoms. The zero-order valence-corrected chi connectivity index (χ0v) is 7.82. The molecule has 0 saturated carbocycles. The second-order valence-electron chi connectivity index (χ2n) is 3.36. The zero-order chi connectivity index (χ0) is 7.82. The summed E-state index contributed by atoms with van der Waals surface area (Å²) < 4.78 is 0. The molecule has 0 N–H and O–H groups in total. The van der Waals surface area contributed by atoms with Crippen LogP contribution in [0, 0.1) is 5.92 Å². The van der Waals surface area contributed by atoms with Gasteiger partial charge in [0.2, 0.25) is 0 Å². The molecule has 0 heteroatoms. The highest BCUT2D eigenvalue weighted by Gasteiger charge is 1.96. The molecule has 0 nitrogen and oxygen atoms in total. The van der Waals surface area contributed by atoms with E-state index in [4.69, 9.17) is 0 Å². The second-order valence-corrected chi connectivity index (χ2v) is 3.36. The van der Waals surface area contributed by atoms with Crippen molar-refractivity contribution in [2.45, 2.75) is 59.3 Å². The van der Waals surface area contributed by atoms with Gasteiger partial charge in [0, 0.05) is 0 Å². The van der Waals surface area contributed by atoms with Crippen molar-refractivity contribution >= 4 is 0 Å². The fourth-order valence-corrected chi connectivity index (χ4v) is 1.12.